The molecule has 1 aromatic carbocycles. The number of hydrogen-bond acceptors (Lipinski definition) is 4. The SMILES string of the molecule is CCCC[C@@H](CC)CNS(=O)(=O)c1ccc(SC)c(C(=O)N2CCCCCC2)c1. The molecule has 1 fully saturated rings. The van der Waals surface area contributed by atoms with Crippen LogP contribution in [0.3, 0.4) is 0 Å². The third-order valence-corrected chi connectivity index (χ3v) is 7.93. The Morgan fingerprint density at radius 1 is 1.17 bits per heavy atom. The Morgan fingerprint density at radius 3 is 2.45 bits per heavy atom. The highest BCUT2D eigenvalue weighted by Crippen LogP contribution is 2.26. The maximum atomic E-state index is 13.1. The molecular formula is C22H36N2O3S2. The van der Waals surface area contributed by atoms with Crippen molar-refractivity contribution in [3.05, 3.63) is 23.8 Å². The van der Waals surface area contributed by atoms with Crippen molar-refractivity contribution in [2.75, 3.05) is 25.9 Å². The molecule has 5 nitrogen and oxygen atoms in total. The second-order valence-electron chi connectivity index (χ2n) is 7.84. The van der Waals surface area contributed by atoms with E-state index in [1.807, 2.05) is 11.2 Å². The van der Waals surface area contributed by atoms with Gasteiger partial charge in [-0.25, -0.2) is 13.1 Å². The number of rotatable bonds is 10. The van der Waals surface area contributed by atoms with Crippen molar-refractivity contribution in [3.8, 4) is 0 Å². The molecule has 164 valence electrons. The van der Waals surface area contributed by atoms with Gasteiger partial charge in [0.15, 0.2) is 0 Å². The predicted molar refractivity (Wildman–Crippen MR) is 121 cm³/mol. The summed E-state index contributed by atoms with van der Waals surface area (Å²) in [5.41, 5.74) is 0.500. The summed E-state index contributed by atoms with van der Waals surface area (Å²) in [5.74, 6) is 0.288. The first kappa shape index (κ1) is 24.2. The maximum absolute atomic E-state index is 13.1. The lowest BCUT2D eigenvalue weighted by Crippen LogP contribution is -2.33. The van der Waals surface area contributed by atoms with E-state index in [4.69, 9.17) is 0 Å². The van der Waals surface area contributed by atoms with Gasteiger partial charge in [0.1, 0.15) is 0 Å². The largest absolute Gasteiger partial charge is 0.339 e. The van der Waals surface area contributed by atoms with Gasteiger partial charge in [-0.1, -0.05) is 46.0 Å². The van der Waals surface area contributed by atoms with Crippen molar-refractivity contribution in [1.82, 2.24) is 9.62 Å². The van der Waals surface area contributed by atoms with Crippen LogP contribution in [0, 0.1) is 5.92 Å². The Morgan fingerprint density at radius 2 is 1.86 bits per heavy atom. The molecule has 1 aliphatic heterocycles. The number of hydrogen-bond donors (Lipinski definition) is 1. The van der Waals surface area contributed by atoms with Gasteiger partial charge in [-0.3, -0.25) is 4.79 Å². The second-order valence-corrected chi connectivity index (χ2v) is 10.5. The number of likely N-dealkylation sites (tertiary alicyclic amines) is 1. The minimum absolute atomic E-state index is 0.0531. The van der Waals surface area contributed by atoms with Gasteiger partial charge in [0.05, 0.1) is 10.5 Å². The average molecular weight is 441 g/mol. The first-order chi connectivity index (χ1) is 13.9. The van der Waals surface area contributed by atoms with E-state index in [1.54, 1.807) is 18.2 Å². The number of carbonyl (C=O) groups is 1. The summed E-state index contributed by atoms with van der Waals surface area (Å²) in [5, 5.41) is 0. The average Bonchev–Trinajstić information content (AvgIpc) is 3.02. The van der Waals surface area contributed by atoms with Gasteiger partial charge < -0.3 is 4.90 Å². The molecule has 0 saturated carbocycles. The molecule has 0 radical (unpaired) electrons. The fraction of sp³-hybridized carbons (Fsp3) is 0.682. The zero-order valence-corrected chi connectivity index (χ0v) is 19.7. The van der Waals surface area contributed by atoms with Crippen LogP contribution in [0.25, 0.3) is 0 Å². The minimum atomic E-state index is -3.64. The smallest absolute Gasteiger partial charge is 0.255 e. The summed E-state index contributed by atoms with van der Waals surface area (Å²) < 4.78 is 28.5. The van der Waals surface area contributed by atoms with Gasteiger partial charge in [-0.05, 0) is 49.6 Å². The highest BCUT2D eigenvalue weighted by atomic mass is 32.2. The molecule has 1 aromatic rings. The van der Waals surface area contributed by atoms with Gasteiger partial charge in [0.2, 0.25) is 10.0 Å². The molecule has 0 spiro atoms. The van der Waals surface area contributed by atoms with E-state index in [9.17, 15) is 13.2 Å². The molecule has 1 atom stereocenters. The van der Waals surface area contributed by atoms with Crippen LogP contribution in [0.4, 0.5) is 0 Å². The lowest BCUT2D eigenvalue weighted by atomic mass is 10.00. The molecule has 1 amide bonds. The highest BCUT2D eigenvalue weighted by Gasteiger charge is 2.23. The fourth-order valence-electron chi connectivity index (χ4n) is 3.72. The molecule has 1 aliphatic rings. The molecule has 0 unspecified atom stereocenters. The van der Waals surface area contributed by atoms with Gasteiger partial charge in [-0.2, -0.15) is 0 Å². The van der Waals surface area contributed by atoms with Gasteiger partial charge >= 0.3 is 0 Å². The minimum Gasteiger partial charge on any atom is -0.339 e. The number of thioether (sulfide) groups is 1. The first-order valence-corrected chi connectivity index (χ1v) is 13.6. The van der Waals surface area contributed by atoms with Crippen molar-refractivity contribution in [1.29, 1.82) is 0 Å². The van der Waals surface area contributed by atoms with Crippen molar-refractivity contribution in [3.63, 3.8) is 0 Å². The molecule has 0 aliphatic carbocycles. The Balaban J connectivity index is 2.20. The zero-order chi connectivity index (χ0) is 21.3. The summed E-state index contributed by atoms with van der Waals surface area (Å²) in [6.07, 6.45) is 10.4. The lowest BCUT2D eigenvalue weighted by molar-refractivity contribution is 0.0758. The molecule has 2 rings (SSSR count). The molecule has 0 aromatic heterocycles. The van der Waals surface area contributed by atoms with Crippen LogP contribution in [0.5, 0.6) is 0 Å². The summed E-state index contributed by atoms with van der Waals surface area (Å²) >= 11 is 1.48. The Hall–Kier alpha value is -1.05. The molecule has 7 heteroatoms. The third kappa shape index (κ3) is 7.00. The third-order valence-electron chi connectivity index (χ3n) is 5.71. The number of carbonyl (C=O) groups excluding carboxylic acids is 1. The number of unbranched alkanes of at least 4 members (excludes halogenated alkanes) is 1. The van der Waals surface area contributed by atoms with Crippen molar-refractivity contribution in [2.45, 2.75) is 75.0 Å². The summed E-state index contributed by atoms with van der Waals surface area (Å²) in [4.78, 5) is 16.0. The van der Waals surface area contributed by atoms with E-state index in [0.29, 0.717) is 18.0 Å². The number of amides is 1. The van der Waals surface area contributed by atoms with E-state index in [1.165, 1.54) is 11.8 Å². The van der Waals surface area contributed by atoms with E-state index >= 15 is 0 Å². The topological polar surface area (TPSA) is 66.5 Å². The molecule has 29 heavy (non-hydrogen) atoms. The summed E-state index contributed by atoms with van der Waals surface area (Å²) in [6.45, 7) is 6.18. The van der Waals surface area contributed by atoms with Crippen LogP contribution in [0.1, 0.15) is 75.6 Å². The van der Waals surface area contributed by atoms with E-state index in [-0.39, 0.29) is 10.8 Å². The monoisotopic (exact) mass is 440 g/mol. The van der Waals surface area contributed by atoms with Crippen LogP contribution in [0.2, 0.25) is 0 Å². The Labute approximate surface area is 181 Å². The normalized spacial score (nSPS) is 16.4. The van der Waals surface area contributed by atoms with E-state index in [2.05, 4.69) is 18.6 Å². The number of benzene rings is 1. The summed E-state index contributed by atoms with van der Waals surface area (Å²) in [7, 11) is -3.64. The van der Waals surface area contributed by atoms with Crippen molar-refractivity contribution in [2.24, 2.45) is 5.92 Å². The van der Waals surface area contributed by atoms with Crippen molar-refractivity contribution >= 4 is 27.7 Å². The van der Waals surface area contributed by atoms with Crippen LogP contribution >= 0.6 is 11.8 Å². The molecular weight excluding hydrogens is 404 g/mol. The first-order valence-electron chi connectivity index (χ1n) is 10.9. The van der Waals surface area contributed by atoms with E-state index < -0.39 is 10.0 Å². The van der Waals surface area contributed by atoms with Crippen LogP contribution < -0.4 is 4.72 Å². The molecule has 0 bridgehead atoms. The van der Waals surface area contributed by atoms with E-state index in [0.717, 1.165) is 69.4 Å². The second kappa shape index (κ2) is 12.0. The fourth-order valence-corrected chi connectivity index (χ4v) is 5.43. The quantitative estimate of drug-likeness (QED) is 0.525. The lowest BCUT2D eigenvalue weighted by Gasteiger charge is -2.22. The number of nitrogens with one attached hydrogen (secondary N) is 1. The van der Waals surface area contributed by atoms with Gasteiger partial charge in [-0.15, -0.1) is 11.8 Å². The Kier molecular flexibility index (Phi) is 9.99. The molecule has 1 N–H and O–H groups in total. The van der Waals surface area contributed by atoms with Gasteiger partial charge in [0, 0.05) is 24.5 Å². The van der Waals surface area contributed by atoms with Gasteiger partial charge in [0.25, 0.3) is 5.91 Å². The number of sulfonamides is 1. The van der Waals surface area contributed by atoms with Crippen molar-refractivity contribution < 1.29 is 13.2 Å². The predicted octanol–water partition coefficient (Wildman–Crippen LogP) is 4.92. The zero-order valence-electron chi connectivity index (χ0n) is 18.1. The van der Waals surface area contributed by atoms with Crippen LogP contribution in [0.15, 0.2) is 28.0 Å². The summed E-state index contributed by atoms with van der Waals surface area (Å²) in [6, 6.07) is 4.94. The van der Waals surface area contributed by atoms with Crippen LogP contribution in [-0.2, 0) is 10.0 Å². The standard InChI is InChI=1S/C22H36N2O3S2/c1-4-6-11-18(5-2)17-23-29(26,27)19-12-13-21(28-3)20(16-19)22(25)24-14-9-7-8-10-15-24/h12-13,16,18,23H,4-11,14-15,17H2,1-3H3/t18-/m1/s1. The molecule has 1 heterocycles. The highest BCUT2D eigenvalue weighted by molar-refractivity contribution is 7.98. The van der Waals surface area contributed by atoms with Crippen LogP contribution in [-0.4, -0.2) is 45.1 Å². The number of nitrogens with zero attached hydrogens (tertiary/aromatic N) is 1. The molecule has 1 saturated heterocycles. The maximum Gasteiger partial charge on any atom is 0.255 e. The Bertz CT molecular complexity index is 757.